The quantitative estimate of drug-likeness (QED) is 0.687. The third-order valence-electron chi connectivity index (χ3n) is 2.43. The summed E-state index contributed by atoms with van der Waals surface area (Å²) in [4.78, 5) is 0. The predicted molar refractivity (Wildman–Crippen MR) is 60.5 cm³/mol. The smallest absolute Gasteiger partial charge is 0.0670 e. The summed E-state index contributed by atoms with van der Waals surface area (Å²) >= 11 is 0. The van der Waals surface area contributed by atoms with E-state index in [4.69, 9.17) is 4.74 Å². The van der Waals surface area contributed by atoms with E-state index in [0.717, 1.165) is 30.1 Å². The van der Waals surface area contributed by atoms with Crippen molar-refractivity contribution < 1.29 is 4.74 Å². The average Bonchev–Trinajstić information content (AvgIpc) is 2.46. The van der Waals surface area contributed by atoms with Crippen LogP contribution in [0.2, 0.25) is 0 Å². The number of aromatic nitrogens is 1. The molecule has 1 atom stereocenters. The van der Waals surface area contributed by atoms with Crippen molar-refractivity contribution in [2.24, 2.45) is 0 Å². The summed E-state index contributed by atoms with van der Waals surface area (Å²) in [7, 11) is 1.73. The van der Waals surface area contributed by atoms with E-state index < -0.39 is 0 Å². The molecule has 1 unspecified atom stereocenters. The number of rotatable bonds is 5. The van der Waals surface area contributed by atoms with Crippen molar-refractivity contribution >= 4 is 13.2 Å². The molecule has 1 rings (SSSR count). The number of ether oxygens (including phenoxy) is 1. The minimum atomic E-state index is 0.375. The summed E-state index contributed by atoms with van der Waals surface area (Å²) in [5, 5.41) is 2.04. The lowest BCUT2D eigenvalue weighted by molar-refractivity contribution is 0.148. The van der Waals surface area contributed by atoms with E-state index in [0.29, 0.717) is 6.04 Å². The molecule has 2 heteroatoms. The molecule has 0 saturated heterocycles. The molecule has 78 valence electrons. The molecular weight excluding hydrogens is 174 g/mol. The Kier molecular flexibility index (Phi) is 3.96. The summed E-state index contributed by atoms with van der Waals surface area (Å²) in [5.74, 6) is 0. The molecule has 1 heterocycles. The van der Waals surface area contributed by atoms with Gasteiger partial charge in [0.1, 0.15) is 0 Å². The average molecular weight is 193 g/mol. The van der Waals surface area contributed by atoms with E-state index in [2.05, 4.69) is 24.6 Å². The lowest BCUT2D eigenvalue weighted by Crippen LogP contribution is -2.31. The highest BCUT2D eigenvalue weighted by molar-refractivity contribution is 5.10. The van der Waals surface area contributed by atoms with Crippen molar-refractivity contribution in [3.63, 3.8) is 0 Å². The minimum absolute atomic E-state index is 0.375. The maximum atomic E-state index is 5.21. The van der Waals surface area contributed by atoms with Crippen LogP contribution in [-0.4, -0.2) is 18.3 Å². The van der Waals surface area contributed by atoms with Crippen LogP contribution >= 0.6 is 0 Å². The largest absolute Gasteiger partial charge is 0.383 e. The molecule has 0 aliphatic carbocycles. The summed E-state index contributed by atoms with van der Waals surface area (Å²) < 4.78 is 7.37. The fraction of sp³-hybridized carbons (Fsp3) is 0.500. The molecule has 0 bridgehead atoms. The first-order valence-corrected chi connectivity index (χ1v) is 5.04. The molecule has 0 aliphatic heterocycles. The molecule has 0 aliphatic rings. The molecule has 0 saturated carbocycles. The van der Waals surface area contributed by atoms with Gasteiger partial charge in [0.25, 0.3) is 0 Å². The van der Waals surface area contributed by atoms with Gasteiger partial charge in [-0.2, -0.15) is 0 Å². The number of nitrogens with zero attached hydrogens (tertiary/aromatic N) is 1. The summed E-state index contributed by atoms with van der Waals surface area (Å²) in [6, 6.07) is 4.38. The van der Waals surface area contributed by atoms with E-state index >= 15 is 0 Å². The predicted octanol–water partition coefficient (Wildman–Crippen LogP) is 1.30. The standard InChI is InChI=1S/C12H19NO/c1-5-6-12(9-14-4)13-10(2)7-8-11(13)3/h7-8,12H,2-3,5-6,9H2,1,4H3. The monoisotopic (exact) mass is 193 g/mol. The Morgan fingerprint density at radius 3 is 2.36 bits per heavy atom. The fourth-order valence-electron chi connectivity index (χ4n) is 1.82. The molecule has 0 amide bonds. The van der Waals surface area contributed by atoms with Crippen molar-refractivity contribution in [1.29, 1.82) is 0 Å². The van der Waals surface area contributed by atoms with Gasteiger partial charge in [-0.05, 0) is 18.6 Å². The highest BCUT2D eigenvalue weighted by Crippen LogP contribution is 2.09. The lowest BCUT2D eigenvalue weighted by atomic mass is 10.2. The molecule has 14 heavy (non-hydrogen) atoms. The Morgan fingerprint density at radius 1 is 1.36 bits per heavy atom. The normalized spacial score (nSPS) is 13.0. The van der Waals surface area contributed by atoms with Gasteiger partial charge in [-0.1, -0.05) is 26.5 Å². The first-order valence-electron chi connectivity index (χ1n) is 5.04. The van der Waals surface area contributed by atoms with Gasteiger partial charge < -0.3 is 9.30 Å². The van der Waals surface area contributed by atoms with Gasteiger partial charge in [-0.15, -0.1) is 0 Å². The van der Waals surface area contributed by atoms with Gasteiger partial charge in [0.2, 0.25) is 0 Å². The second kappa shape index (κ2) is 5.01. The second-order valence-corrected chi connectivity index (χ2v) is 3.58. The summed E-state index contributed by atoms with van der Waals surface area (Å²) in [6.07, 6.45) is 2.25. The lowest BCUT2D eigenvalue weighted by Gasteiger charge is -2.18. The number of hydrogen-bond donors (Lipinski definition) is 0. The molecular formula is C12H19NO. The first kappa shape index (κ1) is 11.1. The first-order chi connectivity index (χ1) is 6.70. The maximum absolute atomic E-state index is 5.21. The van der Waals surface area contributed by atoms with Crippen molar-refractivity contribution in [3.8, 4) is 0 Å². The van der Waals surface area contributed by atoms with Crippen LogP contribution in [-0.2, 0) is 4.74 Å². The van der Waals surface area contributed by atoms with E-state index in [1.54, 1.807) is 7.11 Å². The molecule has 2 nitrogen and oxygen atoms in total. The molecule has 0 fully saturated rings. The van der Waals surface area contributed by atoms with Crippen LogP contribution in [0.3, 0.4) is 0 Å². The SMILES string of the molecule is C=c1ccc(=C)n1C(CCC)COC. The van der Waals surface area contributed by atoms with Gasteiger partial charge in [0.15, 0.2) is 0 Å². The molecule has 0 spiro atoms. The van der Waals surface area contributed by atoms with Crippen LogP contribution in [0.5, 0.6) is 0 Å². The van der Waals surface area contributed by atoms with Crippen LogP contribution in [0, 0.1) is 0 Å². The molecule has 0 N–H and O–H groups in total. The van der Waals surface area contributed by atoms with E-state index in [1.165, 1.54) is 0 Å². The zero-order chi connectivity index (χ0) is 10.6. The van der Waals surface area contributed by atoms with E-state index in [9.17, 15) is 0 Å². The Hall–Kier alpha value is -1.02. The Balaban J connectivity index is 2.97. The van der Waals surface area contributed by atoms with Crippen LogP contribution in [0.15, 0.2) is 12.1 Å². The van der Waals surface area contributed by atoms with Gasteiger partial charge in [0.05, 0.1) is 12.6 Å². The fourth-order valence-corrected chi connectivity index (χ4v) is 1.82. The van der Waals surface area contributed by atoms with Gasteiger partial charge >= 0.3 is 0 Å². The van der Waals surface area contributed by atoms with E-state index in [1.807, 2.05) is 12.1 Å². The zero-order valence-electron chi connectivity index (χ0n) is 9.12. The van der Waals surface area contributed by atoms with Crippen molar-refractivity contribution in [1.82, 2.24) is 4.57 Å². The topological polar surface area (TPSA) is 14.2 Å². The van der Waals surface area contributed by atoms with Crippen LogP contribution in [0.1, 0.15) is 25.8 Å². The minimum Gasteiger partial charge on any atom is -0.383 e. The number of hydrogen-bond acceptors (Lipinski definition) is 1. The van der Waals surface area contributed by atoms with Crippen LogP contribution in [0.25, 0.3) is 13.2 Å². The van der Waals surface area contributed by atoms with Gasteiger partial charge in [0, 0.05) is 17.8 Å². The highest BCUT2D eigenvalue weighted by atomic mass is 16.5. The van der Waals surface area contributed by atoms with E-state index in [-0.39, 0.29) is 0 Å². The highest BCUT2D eigenvalue weighted by Gasteiger charge is 2.09. The Labute approximate surface area is 85.5 Å². The molecule has 0 radical (unpaired) electrons. The summed E-state index contributed by atoms with van der Waals surface area (Å²) in [5.41, 5.74) is 0. The maximum Gasteiger partial charge on any atom is 0.0670 e. The third kappa shape index (κ3) is 2.26. The molecule has 1 aromatic heterocycles. The van der Waals surface area contributed by atoms with Crippen LogP contribution < -0.4 is 10.7 Å². The zero-order valence-corrected chi connectivity index (χ0v) is 9.12. The van der Waals surface area contributed by atoms with Gasteiger partial charge in [-0.3, -0.25) is 0 Å². The molecule has 1 aromatic rings. The summed E-state index contributed by atoms with van der Waals surface area (Å²) in [6.45, 7) is 10.9. The number of methoxy groups -OCH3 is 1. The Bertz CT molecular complexity index is 333. The van der Waals surface area contributed by atoms with Crippen molar-refractivity contribution in [2.45, 2.75) is 25.8 Å². The van der Waals surface area contributed by atoms with Crippen molar-refractivity contribution in [2.75, 3.05) is 13.7 Å². The van der Waals surface area contributed by atoms with Crippen LogP contribution in [0.4, 0.5) is 0 Å². The molecule has 0 aromatic carbocycles. The second-order valence-electron chi connectivity index (χ2n) is 3.58. The van der Waals surface area contributed by atoms with Gasteiger partial charge in [-0.25, -0.2) is 0 Å². The third-order valence-corrected chi connectivity index (χ3v) is 2.43. The van der Waals surface area contributed by atoms with Crippen molar-refractivity contribution in [3.05, 3.63) is 22.8 Å². The Morgan fingerprint density at radius 2 is 1.93 bits per heavy atom.